The second-order valence-electron chi connectivity index (χ2n) is 5.11. The van der Waals surface area contributed by atoms with E-state index in [0.29, 0.717) is 27.8 Å². The van der Waals surface area contributed by atoms with Crippen molar-refractivity contribution < 1.29 is 13.2 Å². The molecule has 4 aromatic rings. The van der Waals surface area contributed by atoms with Crippen molar-refractivity contribution in [2.45, 2.75) is 17.5 Å². The average Bonchev–Trinajstić information content (AvgIpc) is 3.30. The molecule has 0 bridgehead atoms. The highest BCUT2D eigenvalue weighted by molar-refractivity contribution is 7.98. The molecule has 0 radical (unpaired) electrons. The minimum absolute atomic E-state index is 0.173. The van der Waals surface area contributed by atoms with Gasteiger partial charge in [-0.15, -0.1) is 10.2 Å². The summed E-state index contributed by atoms with van der Waals surface area (Å²) in [5.74, 6) is 7.21. The summed E-state index contributed by atoms with van der Waals surface area (Å²) in [6.45, 7) is -2.68. The maximum Gasteiger partial charge on any atom is 0.320 e. The predicted octanol–water partition coefficient (Wildman–Crippen LogP) is 3.29. The standard InChI is InChI=1S/C15H12F2N6OS/c16-14(17)22-10-5-2-1-4-9(10)19-12(22)8-25-15-21-20-13(23(15)18)11-6-3-7-24-11/h1-7,14H,8,18H2. The van der Waals surface area contributed by atoms with Gasteiger partial charge in [-0.2, -0.15) is 8.78 Å². The van der Waals surface area contributed by atoms with Crippen molar-refractivity contribution in [3.05, 3.63) is 48.5 Å². The fourth-order valence-corrected chi connectivity index (χ4v) is 3.28. The normalized spacial score (nSPS) is 11.6. The number of benzene rings is 1. The van der Waals surface area contributed by atoms with E-state index >= 15 is 0 Å². The molecule has 3 aromatic heterocycles. The Labute approximate surface area is 144 Å². The number of nitrogen functional groups attached to an aromatic ring is 1. The molecule has 3 heterocycles. The highest BCUT2D eigenvalue weighted by Crippen LogP contribution is 2.28. The largest absolute Gasteiger partial charge is 0.461 e. The lowest BCUT2D eigenvalue weighted by Crippen LogP contribution is -2.11. The molecule has 0 aliphatic heterocycles. The van der Waals surface area contributed by atoms with Gasteiger partial charge in [-0.25, -0.2) is 9.66 Å². The van der Waals surface area contributed by atoms with E-state index in [4.69, 9.17) is 10.3 Å². The average molecular weight is 362 g/mol. The number of aromatic nitrogens is 5. The van der Waals surface area contributed by atoms with E-state index < -0.39 is 6.55 Å². The monoisotopic (exact) mass is 362 g/mol. The molecule has 2 N–H and O–H groups in total. The topological polar surface area (TPSA) is 87.7 Å². The Balaban J connectivity index is 1.62. The Bertz CT molecular complexity index is 1010. The molecule has 0 spiro atoms. The lowest BCUT2D eigenvalue weighted by Gasteiger charge is -2.07. The summed E-state index contributed by atoms with van der Waals surface area (Å²) >= 11 is 1.17. The molecule has 1 aromatic carbocycles. The highest BCUT2D eigenvalue weighted by atomic mass is 32.2. The fraction of sp³-hybridized carbons (Fsp3) is 0.133. The summed E-state index contributed by atoms with van der Waals surface area (Å²) in [6.07, 6.45) is 1.50. The van der Waals surface area contributed by atoms with Gasteiger partial charge in [-0.05, 0) is 24.3 Å². The number of hydrogen-bond donors (Lipinski definition) is 1. The van der Waals surface area contributed by atoms with Gasteiger partial charge in [0, 0.05) is 0 Å². The van der Waals surface area contributed by atoms with Crippen LogP contribution in [-0.2, 0) is 5.75 Å². The maximum absolute atomic E-state index is 13.4. The first-order chi connectivity index (χ1) is 12.1. The molecule has 0 unspecified atom stereocenters. The first-order valence-electron chi connectivity index (χ1n) is 7.26. The molecular weight excluding hydrogens is 350 g/mol. The lowest BCUT2D eigenvalue weighted by atomic mass is 10.3. The van der Waals surface area contributed by atoms with Crippen LogP contribution in [0, 0.1) is 0 Å². The van der Waals surface area contributed by atoms with E-state index in [1.807, 2.05) is 0 Å². The quantitative estimate of drug-likeness (QED) is 0.433. The van der Waals surface area contributed by atoms with Crippen molar-refractivity contribution in [1.82, 2.24) is 24.4 Å². The van der Waals surface area contributed by atoms with Crippen LogP contribution in [0.25, 0.3) is 22.6 Å². The Morgan fingerprint density at radius 2 is 2.00 bits per heavy atom. The van der Waals surface area contributed by atoms with E-state index in [0.717, 1.165) is 4.57 Å². The number of nitrogens with zero attached hydrogens (tertiary/aromatic N) is 5. The van der Waals surface area contributed by atoms with Gasteiger partial charge in [0.25, 0.3) is 0 Å². The predicted molar refractivity (Wildman–Crippen MR) is 88.4 cm³/mol. The molecule has 0 atom stereocenters. The smallest absolute Gasteiger partial charge is 0.320 e. The second-order valence-corrected chi connectivity index (χ2v) is 6.05. The van der Waals surface area contributed by atoms with Gasteiger partial charge in [0.15, 0.2) is 5.76 Å². The summed E-state index contributed by atoms with van der Waals surface area (Å²) in [4.78, 5) is 4.28. The van der Waals surface area contributed by atoms with E-state index in [-0.39, 0.29) is 11.6 Å². The molecule has 25 heavy (non-hydrogen) atoms. The Morgan fingerprint density at radius 1 is 1.16 bits per heavy atom. The van der Waals surface area contributed by atoms with E-state index in [1.165, 1.54) is 22.7 Å². The SMILES string of the molecule is Nn1c(SCc2nc3ccccc3n2C(F)F)nnc1-c1ccco1. The molecule has 0 aliphatic carbocycles. The van der Waals surface area contributed by atoms with Crippen LogP contribution >= 0.6 is 11.8 Å². The van der Waals surface area contributed by atoms with E-state index in [9.17, 15) is 8.78 Å². The first kappa shape index (κ1) is 15.6. The number of halogens is 2. The summed E-state index contributed by atoms with van der Waals surface area (Å²) in [5, 5.41) is 8.32. The van der Waals surface area contributed by atoms with Crippen LogP contribution in [0.1, 0.15) is 12.4 Å². The highest BCUT2D eigenvalue weighted by Gasteiger charge is 2.19. The zero-order chi connectivity index (χ0) is 17.4. The second kappa shape index (κ2) is 6.20. The number of imidazole rings is 1. The number of nitrogens with two attached hydrogens (primary N) is 1. The van der Waals surface area contributed by atoms with Gasteiger partial charge in [0.05, 0.1) is 23.0 Å². The van der Waals surface area contributed by atoms with Crippen molar-refractivity contribution in [3.8, 4) is 11.6 Å². The number of fused-ring (bicyclic) bond motifs is 1. The van der Waals surface area contributed by atoms with Gasteiger partial charge in [0.1, 0.15) is 5.82 Å². The molecule has 0 saturated carbocycles. The Kier molecular flexibility index (Phi) is 3.88. The Hall–Kier alpha value is -2.88. The van der Waals surface area contributed by atoms with Crippen molar-refractivity contribution in [2.24, 2.45) is 0 Å². The number of alkyl halides is 2. The Morgan fingerprint density at radius 3 is 2.76 bits per heavy atom. The van der Waals surface area contributed by atoms with Gasteiger partial charge in [-0.3, -0.25) is 4.57 Å². The number of furan rings is 1. The zero-order valence-corrected chi connectivity index (χ0v) is 13.5. The molecule has 0 aliphatic rings. The molecule has 7 nitrogen and oxygen atoms in total. The van der Waals surface area contributed by atoms with Crippen molar-refractivity contribution in [3.63, 3.8) is 0 Å². The minimum atomic E-state index is -2.68. The first-order valence-corrected chi connectivity index (χ1v) is 8.25. The summed E-state index contributed by atoms with van der Waals surface area (Å²) < 4.78 is 34.3. The van der Waals surface area contributed by atoms with Crippen molar-refractivity contribution >= 4 is 22.8 Å². The minimum Gasteiger partial charge on any atom is -0.461 e. The van der Waals surface area contributed by atoms with E-state index in [1.54, 1.807) is 36.4 Å². The summed E-state index contributed by atoms with van der Waals surface area (Å²) in [5.41, 5.74) is 0.905. The summed E-state index contributed by atoms with van der Waals surface area (Å²) in [6, 6.07) is 10.2. The van der Waals surface area contributed by atoms with Crippen LogP contribution in [0.2, 0.25) is 0 Å². The van der Waals surface area contributed by atoms with Crippen LogP contribution < -0.4 is 5.84 Å². The number of hydrogen-bond acceptors (Lipinski definition) is 6. The molecule has 0 amide bonds. The third-order valence-corrected chi connectivity index (χ3v) is 4.54. The zero-order valence-electron chi connectivity index (χ0n) is 12.7. The molecule has 0 saturated heterocycles. The molecule has 128 valence electrons. The third kappa shape index (κ3) is 2.74. The maximum atomic E-state index is 13.4. The number of thioether (sulfide) groups is 1. The lowest BCUT2D eigenvalue weighted by molar-refractivity contribution is 0.0722. The van der Waals surface area contributed by atoms with Crippen LogP contribution in [0.4, 0.5) is 8.78 Å². The molecule has 10 heteroatoms. The van der Waals surface area contributed by atoms with Gasteiger partial charge in [0.2, 0.25) is 11.0 Å². The van der Waals surface area contributed by atoms with Crippen LogP contribution in [0.15, 0.2) is 52.2 Å². The van der Waals surface area contributed by atoms with E-state index in [2.05, 4.69) is 15.2 Å². The number of para-hydroxylation sites is 2. The van der Waals surface area contributed by atoms with Crippen molar-refractivity contribution in [2.75, 3.05) is 5.84 Å². The molecule has 4 rings (SSSR count). The van der Waals surface area contributed by atoms with Crippen LogP contribution in [-0.4, -0.2) is 24.4 Å². The third-order valence-electron chi connectivity index (χ3n) is 3.60. The summed E-state index contributed by atoms with van der Waals surface area (Å²) in [7, 11) is 0. The van der Waals surface area contributed by atoms with Crippen molar-refractivity contribution in [1.29, 1.82) is 0 Å². The van der Waals surface area contributed by atoms with Gasteiger partial charge >= 0.3 is 6.55 Å². The number of rotatable bonds is 5. The fourth-order valence-electron chi connectivity index (χ4n) is 2.49. The van der Waals surface area contributed by atoms with Crippen LogP contribution in [0.5, 0.6) is 0 Å². The molecular formula is C15H12F2N6OS. The van der Waals surface area contributed by atoms with Crippen LogP contribution in [0.3, 0.4) is 0 Å². The van der Waals surface area contributed by atoms with Gasteiger partial charge < -0.3 is 10.3 Å². The van der Waals surface area contributed by atoms with Gasteiger partial charge in [-0.1, -0.05) is 23.9 Å². The molecule has 0 fully saturated rings.